The molecule has 0 saturated heterocycles. The predicted molar refractivity (Wildman–Crippen MR) is 74.3 cm³/mol. The minimum atomic E-state index is -0.0101. The number of hydrogen-bond acceptors (Lipinski definition) is 5. The summed E-state index contributed by atoms with van der Waals surface area (Å²) in [6.45, 7) is 0.786. The molecule has 104 valence electrons. The van der Waals surface area contributed by atoms with Crippen LogP contribution in [0.1, 0.15) is 24.0 Å². The van der Waals surface area contributed by atoms with Crippen LogP contribution in [0.4, 0.5) is 0 Å². The van der Waals surface area contributed by atoms with Gasteiger partial charge in [0.2, 0.25) is 0 Å². The van der Waals surface area contributed by atoms with Gasteiger partial charge in [0.05, 0.1) is 6.61 Å². The third-order valence-electron chi connectivity index (χ3n) is 3.14. The highest BCUT2D eigenvalue weighted by molar-refractivity contribution is 5.30. The summed E-state index contributed by atoms with van der Waals surface area (Å²) >= 11 is 0. The molecule has 1 fully saturated rings. The zero-order valence-corrected chi connectivity index (χ0v) is 11.1. The first-order valence-corrected chi connectivity index (χ1v) is 6.75. The van der Waals surface area contributed by atoms with Gasteiger partial charge < -0.3 is 15.2 Å². The fourth-order valence-corrected chi connectivity index (χ4v) is 1.85. The number of rotatable bonds is 6. The number of nitrogens with zero attached hydrogens (tertiary/aromatic N) is 2. The molecule has 3 rings (SSSR count). The van der Waals surface area contributed by atoms with E-state index in [0.29, 0.717) is 17.8 Å². The molecule has 0 radical (unpaired) electrons. The number of aromatic nitrogens is 2. The van der Waals surface area contributed by atoms with Crippen molar-refractivity contribution in [3.63, 3.8) is 0 Å². The molecule has 0 unspecified atom stereocenters. The van der Waals surface area contributed by atoms with Gasteiger partial charge >= 0.3 is 6.01 Å². The molecule has 1 aromatic carbocycles. The highest BCUT2D eigenvalue weighted by Crippen LogP contribution is 2.20. The first-order chi connectivity index (χ1) is 9.83. The Kier molecular flexibility index (Phi) is 3.90. The maximum atomic E-state index is 9.08. The van der Waals surface area contributed by atoms with Gasteiger partial charge in [-0.2, -0.15) is 0 Å². The Balaban J connectivity index is 1.61. The van der Waals surface area contributed by atoms with Crippen LogP contribution in [0.5, 0.6) is 11.8 Å². The Hall–Kier alpha value is -1.98. The lowest BCUT2D eigenvalue weighted by Gasteiger charge is -2.06. The van der Waals surface area contributed by atoms with Crippen LogP contribution in [0.3, 0.4) is 0 Å². The van der Waals surface area contributed by atoms with Gasteiger partial charge in [-0.05, 0) is 30.5 Å². The van der Waals surface area contributed by atoms with Crippen LogP contribution in [-0.2, 0) is 13.2 Å². The summed E-state index contributed by atoms with van der Waals surface area (Å²) in [5.41, 5.74) is 1.85. The van der Waals surface area contributed by atoms with Crippen LogP contribution >= 0.6 is 0 Å². The van der Waals surface area contributed by atoms with Crippen LogP contribution in [-0.4, -0.2) is 21.1 Å². The zero-order valence-electron chi connectivity index (χ0n) is 11.1. The SMILES string of the molecule is OCc1cccc(Oc2ncc(CNC3CC3)cn2)c1. The summed E-state index contributed by atoms with van der Waals surface area (Å²) in [5.74, 6) is 0.625. The molecule has 0 aliphatic heterocycles. The van der Waals surface area contributed by atoms with Crippen molar-refractivity contribution in [3.8, 4) is 11.8 Å². The molecule has 20 heavy (non-hydrogen) atoms. The van der Waals surface area contributed by atoms with E-state index in [1.54, 1.807) is 18.5 Å². The van der Waals surface area contributed by atoms with Gasteiger partial charge in [0, 0.05) is 30.5 Å². The molecule has 1 aliphatic carbocycles. The van der Waals surface area contributed by atoms with E-state index in [1.807, 2.05) is 18.2 Å². The van der Waals surface area contributed by atoms with Crippen molar-refractivity contribution in [1.29, 1.82) is 0 Å². The van der Waals surface area contributed by atoms with Gasteiger partial charge in [0.25, 0.3) is 0 Å². The Morgan fingerprint density at radius 1 is 1.20 bits per heavy atom. The smallest absolute Gasteiger partial charge is 0.321 e. The molecular formula is C15H17N3O2. The fourth-order valence-electron chi connectivity index (χ4n) is 1.85. The van der Waals surface area contributed by atoms with E-state index < -0.39 is 0 Å². The molecule has 2 N–H and O–H groups in total. The summed E-state index contributed by atoms with van der Waals surface area (Å²) in [5, 5.41) is 12.5. The normalized spacial score (nSPS) is 14.2. The third-order valence-corrected chi connectivity index (χ3v) is 3.14. The van der Waals surface area contributed by atoms with Crippen LogP contribution < -0.4 is 10.1 Å². The molecule has 2 aromatic rings. The molecule has 0 atom stereocenters. The molecule has 0 amide bonds. The van der Waals surface area contributed by atoms with Crippen LogP contribution in [0.2, 0.25) is 0 Å². The van der Waals surface area contributed by atoms with Gasteiger partial charge in [-0.1, -0.05) is 12.1 Å². The number of nitrogens with one attached hydrogen (secondary N) is 1. The Morgan fingerprint density at radius 3 is 2.70 bits per heavy atom. The molecule has 1 heterocycles. The van der Waals surface area contributed by atoms with Crippen molar-refractivity contribution < 1.29 is 9.84 Å². The van der Waals surface area contributed by atoms with Crippen LogP contribution in [0.25, 0.3) is 0 Å². The molecule has 5 nitrogen and oxygen atoms in total. The average Bonchev–Trinajstić information content (AvgIpc) is 3.31. The number of ether oxygens (including phenoxy) is 1. The fraction of sp³-hybridized carbons (Fsp3) is 0.333. The minimum Gasteiger partial charge on any atom is -0.424 e. The quantitative estimate of drug-likeness (QED) is 0.841. The van der Waals surface area contributed by atoms with Crippen LogP contribution in [0.15, 0.2) is 36.7 Å². The monoisotopic (exact) mass is 271 g/mol. The Bertz CT molecular complexity index is 568. The van der Waals surface area contributed by atoms with Crippen molar-refractivity contribution in [2.45, 2.75) is 32.0 Å². The van der Waals surface area contributed by atoms with Crippen molar-refractivity contribution in [3.05, 3.63) is 47.8 Å². The topological polar surface area (TPSA) is 67.3 Å². The first kappa shape index (κ1) is 13.0. The lowest BCUT2D eigenvalue weighted by atomic mass is 10.2. The number of aliphatic hydroxyl groups is 1. The van der Waals surface area contributed by atoms with E-state index >= 15 is 0 Å². The number of aliphatic hydroxyl groups excluding tert-OH is 1. The summed E-state index contributed by atoms with van der Waals surface area (Å²) in [6.07, 6.45) is 6.08. The highest BCUT2D eigenvalue weighted by Gasteiger charge is 2.19. The zero-order chi connectivity index (χ0) is 13.8. The van der Waals surface area contributed by atoms with Crippen LogP contribution in [0, 0.1) is 0 Å². The second kappa shape index (κ2) is 5.98. The first-order valence-electron chi connectivity index (χ1n) is 6.75. The van der Waals surface area contributed by atoms with Gasteiger partial charge in [-0.15, -0.1) is 0 Å². The second-order valence-corrected chi connectivity index (χ2v) is 4.94. The predicted octanol–water partition coefficient (Wildman–Crippen LogP) is 2.01. The summed E-state index contributed by atoms with van der Waals surface area (Å²) < 4.78 is 5.56. The second-order valence-electron chi connectivity index (χ2n) is 4.94. The Labute approximate surface area is 117 Å². The van der Waals surface area contributed by atoms with E-state index in [0.717, 1.165) is 17.7 Å². The Morgan fingerprint density at radius 2 is 2.00 bits per heavy atom. The number of hydrogen-bond donors (Lipinski definition) is 2. The number of benzene rings is 1. The molecular weight excluding hydrogens is 254 g/mol. The van der Waals surface area contributed by atoms with E-state index in [1.165, 1.54) is 12.8 Å². The molecule has 1 aromatic heterocycles. The third kappa shape index (κ3) is 3.53. The van der Waals surface area contributed by atoms with E-state index in [4.69, 9.17) is 9.84 Å². The largest absolute Gasteiger partial charge is 0.424 e. The van der Waals surface area contributed by atoms with Crippen molar-refractivity contribution in [2.75, 3.05) is 0 Å². The lowest BCUT2D eigenvalue weighted by Crippen LogP contribution is -2.15. The van der Waals surface area contributed by atoms with Gasteiger partial charge in [0.15, 0.2) is 0 Å². The highest BCUT2D eigenvalue weighted by atomic mass is 16.5. The molecule has 0 spiro atoms. The molecule has 5 heteroatoms. The summed E-state index contributed by atoms with van der Waals surface area (Å²) in [4.78, 5) is 8.38. The van der Waals surface area contributed by atoms with Gasteiger partial charge in [-0.25, -0.2) is 9.97 Å². The lowest BCUT2D eigenvalue weighted by molar-refractivity contribution is 0.281. The van der Waals surface area contributed by atoms with Crippen molar-refractivity contribution in [2.24, 2.45) is 0 Å². The molecule has 1 saturated carbocycles. The van der Waals surface area contributed by atoms with Gasteiger partial charge in [-0.3, -0.25) is 0 Å². The summed E-state index contributed by atoms with van der Waals surface area (Å²) in [7, 11) is 0. The van der Waals surface area contributed by atoms with Crippen molar-refractivity contribution in [1.82, 2.24) is 15.3 Å². The van der Waals surface area contributed by atoms with Gasteiger partial charge in [0.1, 0.15) is 5.75 Å². The standard InChI is InChI=1S/C15H17N3O2/c19-10-11-2-1-3-14(6-11)20-15-17-8-12(9-18-15)7-16-13-4-5-13/h1-3,6,8-9,13,16,19H,4-5,7,10H2. The van der Waals surface area contributed by atoms with E-state index in [9.17, 15) is 0 Å². The molecule has 1 aliphatic rings. The maximum absolute atomic E-state index is 9.08. The van der Waals surface area contributed by atoms with E-state index in [2.05, 4.69) is 15.3 Å². The van der Waals surface area contributed by atoms with Crippen molar-refractivity contribution >= 4 is 0 Å². The molecule has 0 bridgehead atoms. The van der Waals surface area contributed by atoms with E-state index in [-0.39, 0.29) is 6.61 Å². The summed E-state index contributed by atoms with van der Waals surface area (Å²) in [6, 6.07) is 8.23. The average molecular weight is 271 g/mol. The minimum absolute atomic E-state index is 0.0101. The maximum Gasteiger partial charge on any atom is 0.321 e.